The topological polar surface area (TPSA) is 96.2 Å². The molecule has 1 aromatic carbocycles. The molecule has 1 fully saturated rings. The molecule has 0 radical (unpaired) electrons. The smallest absolute Gasteiger partial charge is 0.251 e. The van der Waals surface area contributed by atoms with Gasteiger partial charge in [-0.25, -0.2) is 0 Å². The van der Waals surface area contributed by atoms with Crippen LogP contribution in [0.5, 0.6) is 0 Å². The van der Waals surface area contributed by atoms with Crippen molar-refractivity contribution in [1.29, 1.82) is 0 Å². The van der Waals surface area contributed by atoms with E-state index in [0.717, 1.165) is 25.9 Å². The highest BCUT2D eigenvalue weighted by atomic mass is 16.2. The molecule has 2 amide bonds. The second kappa shape index (κ2) is 6.91. The molecule has 0 spiro atoms. The van der Waals surface area contributed by atoms with Gasteiger partial charge in [-0.1, -0.05) is 0 Å². The summed E-state index contributed by atoms with van der Waals surface area (Å²) in [6.07, 6.45) is 1.86. The van der Waals surface area contributed by atoms with Crippen molar-refractivity contribution >= 4 is 17.5 Å². The summed E-state index contributed by atoms with van der Waals surface area (Å²) in [6.45, 7) is 1.83. The van der Waals surface area contributed by atoms with Gasteiger partial charge in [0, 0.05) is 17.3 Å². The Morgan fingerprint density at radius 2 is 1.85 bits per heavy atom. The first kappa shape index (κ1) is 14.3. The van der Waals surface area contributed by atoms with Crippen molar-refractivity contribution in [3.05, 3.63) is 29.8 Å². The number of rotatable bonds is 4. The number of anilines is 1. The van der Waals surface area contributed by atoms with Crippen molar-refractivity contribution in [3.8, 4) is 0 Å². The number of benzene rings is 1. The molecule has 1 aliphatic heterocycles. The third-order valence-electron chi connectivity index (χ3n) is 3.29. The molecule has 20 heavy (non-hydrogen) atoms. The Hall–Kier alpha value is -2.08. The third-order valence-corrected chi connectivity index (χ3v) is 3.29. The second-order valence-electron chi connectivity index (χ2n) is 4.90. The van der Waals surface area contributed by atoms with E-state index in [-0.39, 0.29) is 24.4 Å². The zero-order valence-corrected chi connectivity index (χ0v) is 11.3. The first-order chi connectivity index (χ1) is 9.65. The predicted molar refractivity (Wildman–Crippen MR) is 77.2 cm³/mol. The van der Waals surface area contributed by atoms with E-state index in [1.54, 1.807) is 24.3 Å². The van der Waals surface area contributed by atoms with Gasteiger partial charge in [-0.15, -0.1) is 0 Å². The minimum atomic E-state index is -0.273. The molecule has 1 heterocycles. The molecule has 0 saturated carbocycles. The lowest BCUT2D eigenvalue weighted by Gasteiger charge is -2.23. The average Bonchev–Trinajstić information content (AvgIpc) is 2.46. The Kier molecular flexibility index (Phi) is 4.95. The fourth-order valence-corrected chi connectivity index (χ4v) is 2.14. The molecule has 1 aromatic rings. The number of carbonyl (C=O) groups excluding carboxylic acids is 2. The van der Waals surface area contributed by atoms with Gasteiger partial charge < -0.3 is 21.7 Å². The van der Waals surface area contributed by atoms with Crippen LogP contribution in [-0.2, 0) is 4.79 Å². The molecular formula is C14H20N4O2. The minimum Gasteiger partial charge on any atom is -0.399 e. The summed E-state index contributed by atoms with van der Waals surface area (Å²) in [5, 5.41) is 8.75. The van der Waals surface area contributed by atoms with Crippen molar-refractivity contribution < 1.29 is 9.59 Å². The van der Waals surface area contributed by atoms with E-state index in [4.69, 9.17) is 5.73 Å². The SMILES string of the molecule is Nc1ccc(C(=O)NCC(=O)NC2CCNCC2)cc1. The molecule has 6 nitrogen and oxygen atoms in total. The highest BCUT2D eigenvalue weighted by molar-refractivity contribution is 5.96. The fraction of sp³-hybridized carbons (Fsp3) is 0.429. The van der Waals surface area contributed by atoms with Crippen LogP contribution in [0.25, 0.3) is 0 Å². The number of hydrogen-bond donors (Lipinski definition) is 4. The zero-order chi connectivity index (χ0) is 14.4. The summed E-state index contributed by atoms with van der Waals surface area (Å²) < 4.78 is 0. The van der Waals surface area contributed by atoms with Crippen LogP contribution in [0.4, 0.5) is 5.69 Å². The number of nitrogen functional groups attached to an aromatic ring is 1. The second-order valence-corrected chi connectivity index (χ2v) is 4.90. The summed E-state index contributed by atoms with van der Waals surface area (Å²) >= 11 is 0. The van der Waals surface area contributed by atoms with Crippen molar-refractivity contribution in [3.63, 3.8) is 0 Å². The van der Waals surface area contributed by atoms with Gasteiger partial charge in [-0.3, -0.25) is 9.59 Å². The molecule has 108 valence electrons. The molecule has 1 saturated heterocycles. The first-order valence-corrected chi connectivity index (χ1v) is 6.79. The van der Waals surface area contributed by atoms with Gasteiger partial charge in [0.15, 0.2) is 0 Å². The maximum Gasteiger partial charge on any atom is 0.251 e. The zero-order valence-electron chi connectivity index (χ0n) is 11.3. The Bertz CT molecular complexity index is 467. The van der Waals surface area contributed by atoms with Crippen LogP contribution in [0.1, 0.15) is 23.2 Å². The standard InChI is InChI=1S/C14H20N4O2/c15-11-3-1-10(2-4-11)14(20)17-9-13(19)18-12-5-7-16-8-6-12/h1-4,12,16H,5-9,15H2,(H,17,20)(H,18,19). The molecule has 0 aliphatic carbocycles. The van der Waals surface area contributed by atoms with Crippen LogP contribution < -0.4 is 21.7 Å². The van der Waals surface area contributed by atoms with Crippen LogP contribution in [0.3, 0.4) is 0 Å². The summed E-state index contributed by atoms with van der Waals surface area (Å²) in [5.41, 5.74) is 6.65. The summed E-state index contributed by atoms with van der Waals surface area (Å²) in [5.74, 6) is -0.425. The number of hydrogen-bond acceptors (Lipinski definition) is 4. The van der Waals surface area contributed by atoms with Crippen molar-refractivity contribution in [1.82, 2.24) is 16.0 Å². The average molecular weight is 276 g/mol. The Morgan fingerprint density at radius 3 is 2.50 bits per heavy atom. The van der Waals surface area contributed by atoms with Crippen molar-refractivity contribution in [2.75, 3.05) is 25.4 Å². The van der Waals surface area contributed by atoms with Crippen LogP contribution in [0.2, 0.25) is 0 Å². The first-order valence-electron chi connectivity index (χ1n) is 6.79. The molecule has 5 N–H and O–H groups in total. The number of amides is 2. The summed E-state index contributed by atoms with van der Waals surface area (Å²) in [6, 6.07) is 6.79. The number of piperidine rings is 1. The summed E-state index contributed by atoms with van der Waals surface area (Å²) in [4.78, 5) is 23.5. The Morgan fingerprint density at radius 1 is 1.20 bits per heavy atom. The highest BCUT2D eigenvalue weighted by Gasteiger charge is 2.15. The van der Waals surface area contributed by atoms with Crippen LogP contribution in [0.15, 0.2) is 24.3 Å². The van der Waals surface area contributed by atoms with E-state index in [2.05, 4.69) is 16.0 Å². The number of nitrogens with two attached hydrogens (primary N) is 1. The van der Waals surface area contributed by atoms with Crippen LogP contribution >= 0.6 is 0 Å². The quantitative estimate of drug-likeness (QED) is 0.576. The van der Waals surface area contributed by atoms with Gasteiger partial charge in [0.25, 0.3) is 5.91 Å². The lowest BCUT2D eigenvalue weighted by molar-refractivity contribution is -0.121. The van der Waals surface area contributed by atoms with E-state index in [1.807, 2.05) is 0 Å². The van der Waals surface area contributed by atoms with Gasteiger partial charge in [0.1, 0.15) is 0 Å². The maximum atomic E-state index is 11.8. The Labute approximate surface area is 118 Å². The Balaban J connectivity index is 1.75. The molecule has 2 rings (SSSR count). The normalized spacial score (nSPS) is 15.6. The monoisotopic (exact) mass is 276 g/mol. The van der Waals surface area contributed by atoms with Gasteiger partial charge in [0.2, 0.25) is 5.91 Å². The number of nitrogens with one attached hydrogen (secondary N) is 3. The lowest BCUT2D eigenvalue weighted by Crippen LogP contribution is -2.46. The molecule has 6 heteroatoms. The molecule has 1 aliphatic rings. The molecule has 0 bridgehead atoms. The van der Waals surface area contributed by atoms with Gasteiger partial charge >= 0.3 is 0 Å². The molecular weight excluding hydrogens is 256 g/mol. The van der Waals surface area contributed by atoms with E-state index < -0.39 is 0 Å². The van der Waals surface area contributed by atoms with Crippen molar-refractivity contribution in [2.24, 2.45) is 0 Å². The van der Waals surface area contributed by atoms with Gasteiger partial charge in [0.05, 0.1) is 6.54 Å². The highest BCUT2D eigenvalue weighted by Crippen LogP contribution is 2.05. The third kappa shape index (κ3) is 4.24. The fourth-order valence-electron chi connectivity index (χ4n) is 2.14. The van der Waals surface area contributed by atoms with Crippen LogP contribution in [-0.4, -0.2) is 37.5 Å². The number of carbonyl (C=O) groups is 2. The minimum absolute atomic E-state index is 0.00681. The van der Waals surface area contributed by atoms with Crippen LogP contribution in [0, 0.1) is 0 Å². The van der Waals surface area contributed by atoms with E-state index in [9.17, 15) is 9.59 Å². The van der Waals surface area contributed by atoms with Gasteiger partial charge in [-0.2, -0.15) is 0 Å². The lowest BCUT2D eigenvalue weighted by atomic mass is 10.1. The van der Waals surface area contributed by atoms with Crippen molar-refractivity contribution in [2.45, 2.75) is 18.9 Å². The molecule has 0 atom stereocenters. The largest absolute Gasteiger partial charge is 0.399 e. The summed E-state index contributed by atoms with van der Waals surface area (Å²) in [7, 11) is 0. The van der Waals surface area contributed by atoms with Gasteiger partial charge in [-0.05, 0) is 50.2 Å². The molecule has 0 unspecified atom stereocenters. The predicted octanol–water partition coefficient (Wildman–Crippen LogP) is -0.133. The van der Waals surface area contributed by atoms with E-state index in [0.29, 0.717) is 11.3 Å². The van der Waals surface area contributed by atoms with E-state index >= 15 is 0 Å². The van der Waals surface area contributed by atoms with E-state index in [1.165, 1.54) is 0 Å². The molecule has 0 aromatic heterocycles. The maximum absolute atomic E-state index is 11.8.